The fourth-order valence-electron chi connectivity index (χ4n) is 3.42. The molecule has 2 aromatic carbocycles. The summed E-state index contributed by atoms with van der Waals surface area (Å²) in [6, 6.07) is 17.8. The summed E-state index contributed by atoms with van der Waals surface area (Å²) in [5, 5.41) is 11.3. The Kier molecular flexibility index (Phi) is 4.24. The van der Waals surface area contributed by atoms with E-state index in [9.17, 15) is 4.79 Å². The van der Waals surface area contributed by atoms with E-state index in [1.165, 1.54) is 0 Å². The van der Waals surface area contributed by atoms with Crippen molar-refractivity contribution in [2.45, 2.75) is 18.9 Å². The number of para-hydroxylation sites is 1. The third kappa shape index (κ3) is 3.33. The minimum atomic E-state index is -0.0130. The number of carbonyl (C=O) groups is 1. The van der Waals surface area contributed by atoms with E-state index in [4.69, 9.17) is 4.74 Å². The highest BCUT2D eigenvalue weighted by molar-refractivity contribution is 5.96. The molecule has 5 rings (SSSR count). The second kappa shape index (κ2) is 7.05. The average Bonchev–Trinajstić information content (AvgIpc) is 3.49. The number of nitrogens with zero attached hydrogens (tertiary/aromatic N) is 2. The van der Waals surface area contributed by atoms with Crippen LogP contribution in [0.4, 0.5) is 0 Å². The van der Waals surface area contributed by atoms with E-state index in [2.05, 4.69) is 26.6 Å². The van der Waals surface area contributed by atoms with Crippen molar-refractivity contribution in [3.8, 4) is 28.1 Å². The van der Waals surface area contributed by atoms with Gasteiger partial charge in [0.25, 0.3) is 5.91 Å². The fourth-order valence-corrected chi connectivity index (χ4v) is 3.42. The first-order valence-electron chi connectivity index (χ1n) is 9.62. The molecule has 1 amide bonds. The van der Waals surface area contributed by atoms with Gasteiger partial charge in [0.2, 0.25) is 0 Å². The smallest absolute Gasteiger partial charge is 0.251 e. The summed E-state index contributed by atoms with van der Waals surface area (Å²) in [6.45, 7) is 0. The maximum absolute atomic E-state index is 12.2. The van der Waals surface area contributed by atoms with Gasteiger partial charge in [-0.05, 0) is 48.7 Å². The Balaban J connectivity index is 1.50. The molecule has 2 N–H and O–H groups in total. The number of rotatable bonds is 5. The van der Waals surface area contributed by atoms with Crippen LogP contribution in [0.25, 0.3) is 33.4 Å². The number of aromatic nitrogens is 3. The maximum Gasteiger partial charge on any atom is 0.251 e. The van der Waals surface area contributed by atoms with E-state index in [-0.39, 0.29) is 5.91 Å². The van der Waals surface area contributed by atoms with E-state index in [1.54, 1.807) is 13.3 Å². The Bertz CT molecular complexity index is 1190. The minimum absolute atomic E-state index is 0.0130. The Morgan fingerprint density at radius 1 is 1.10 bits per heavy atom. The maximum atomic E-state index is 12.2. The molecule has 0 spiro atoms. The monoisotopic (exact) mass is 384 g/mol. The summed E-state index contributed by atoms with van der Waals surface area (Å²) in [4.78, 5) is 16.7. The second-order valence-electron chi connectivity index (χ2n) is 7.22. The van der Waals surface area contributed by atoms with Gasteiger partial charge in [0, 0.05) is 34.3 Å². The van der Waals surface area contributed by atoms with E-state index in [0.717, 1.165) is 46.4 Å². The molecule has 2 aromatic heterocycles. The number of amides is 1. The van der Waals surface area contributed by atoms with Crippen molar-refractivity contribution in [1.82, 2.24) is 20.5 Å². The van der Waals surface area contributed by atoms with E-state index >= 15 is 0 Å². The molecule has 0 radical (unpaired) electrons. The van der Waals surface area contributed by atoms with Crippen LogP contribution >= 0.6 is 0 Å². The van der Waals surface area contributed by atoms with Gasteiger partial charge in [-0.25, -0.2) is 4.98 Å². The first-order valence-corrected chi connectivity index (χ1v) is 9.62. The van der Waals surface area contributed by atoms with Crippen molar-refractivity contribution < 1.29 is 9.53 Å². The third-order valence-corrected chi connectivity index (χ3v) is 5.18. The van der Waals surface area contributed by atoms with E-state index in [1.807, 2.05) is 48.5 Å². The number of fused-ring (bicyclic) bond motifs is 1. The molecule has 6 nitrogen and oxygen atoms in total. The molecule has 29 heavy (non-hydrogen) atoms. The van der Waals surface area contributed by atoms with Gasteiger partial charge in [-0.15, -0.1) is 0 Å². The van der Waals surface area contributed by atoms with Crippen molar-refractivity contribution in [1.29, 1.82) is 0 Å². The zero-order valence-corrected chi connectivity index (χ0v) is 16.0. The average molecular weight is 384 g/mol. The van der Waals surface area contributed by atoms with Gasteiger partial charge in [-0.2, -0.15) is 5.10 Å². The molecule has 144 valence electrons. The van der Waals surface area contributed by atoms with Crippen molar-refractivity contribution in [2.24, 2.45) is 0 Å². The quantitative estimate of drug-likeness (QED) is 0.541. The number of nitrogens with one attached hydrogen (secondary N) is 2. The molecule has 0 unspecified atom stereocenters. The predicted octanol–water partition coefficient (Wildman–Crippen LogP) is 4.19. The van der Waals surface area contributed by atoms with Crippen LogP contribution in [0, 0.1) is 0 Å². The summed E-state index contributed by atoms with van der Waals surface area (Å²) >= 11 is 0. The standard InChI is InChI=1S/C23H20N4O2/c1-29-20-5-3-2-4-18(20)21-19-12-16(13-24-22(19)27-26-21)14-6-8-15(9-7-14)23(28)25-17-10-11-17/h2-9,12-13,17H,10-11H2,1H3,(H,25,28)(H,24,26,27). The molecule has 1 aliphatic carbocycles. The van der Waals surface area contributed by atoms with Gasteiger partial charge in [-0.3, -0.25) is 9.89 Å². The predicted molar refractivity (Wildman–Crippen MR) is 112 cm³/mol. The van der Waals surface area contributed by atoms with Gasteiger partial charge in [0.1, 0.15) is 5.75 Å². The Hall–Kier alpha value is -3.67. The SMILES string of the molecule is COc1ccccc1-c1[nH]nc2ncc(-c3ccc(C(=O)NC4CC4)cc3)cc12. The molecule has 1 fully saturated rings. The van der Waals surface area contributed by atoms with Gasteiger partial charge in [0.15, 0.2) is 5.65 Å². The fraction of sp³-hybridized carbons (Fsp3) is 0.174. The van der Waals surface area contributed by atoms with Crippen molar-refractivity contribution in [3.05, 3.63) is 66.4 Å². The van der Waals surface area contributed by atoms with Crippen molar-refractivity contribution >= 4 is 16.9 Å². The van der Waals surface area contributed by atoms with Gasteiger partial charge in [0.05, 0.1) is 12.8 Å². The number of methoxy groups -OCH3 is 1. The van der Waals surface area contributed by atoms with Gasteiger partial charge in [-0.1, -0.05) is 24.3 Å². The molecule has 4 aromatic rings. The highest BCUT2D eigenvalue weighted by atomic mass is 16.5. The van der Waals surface area contributed by atoms with Crippen molar-refractivity contribution in [3.63, 3.8) is 0 Å². The van der Waals surface area contributed by atoms with Crippen LogP contribution in [0.1, 0.15) is 23.2 Å². The first-order chi connectivity index (χ1) is 14.2. The van der Waals surface area contributed by atoms with E-state index in [0.29, 0.717) is 17.3 Å². The Labute approximate surface area is 167 Å². The summed E-state index contributed by atoms with van der Waals surface area (Å²) in [7, 11) is 1.65. The number of carbonyl (C=O) groups excluding carboxylic acids is 1. The largest absolute Gasteiger partial charge is 0.496 e. The molecule has 0 aliphatic heterocycles. The number of aromatic amines is 1. The summed E-state index contributed by atoms with van der Waals surface area (Å²) < 4.78 is 5.49. The zero-order chi connectivity index (χ0) is 19.8. The number of benzene rings is 2. The van der Waals surface area contributed by atoms with Gasteiger partial charge >= 0.3 is 0 Å². The number of hydrogen-bond acceptors (Lipinski definition) is 4. The number of pyridine rings is 1. The lowest BCUT2D eigenvalue weighted by atomic mass is 10.0. The lowest BCUT2D eigenvalue weighted by Crippen LogP contribution is -2.25. The van der Waals surface area contributed by atoms with E-state index < -0.39 is 0 Å². The topological polar surface area (TPSA) is 79.9 Å². The number of H-pyrrole nitrogens is 1. The number of ether oxygens (including phenoxy) is 1. The first kappa shape index (κ1) is 17.4. The normalized spacial score (nSPS) is 13.4. The highest BCUT2D eigenvalue weighted by Gasteiger charge is 2.23. The molecular weight excluding hydrogens is 364 g/mol. The Morgan fingerprint density at radius 3 is 2.66 bits per heavy atom. The molecule has 1 aliphatic rings. The van der Waals surface area contributed by atoms with Crippen LogP contribution in [0.5, 0.6) is 5.75 Å². The van der Waals surface area contributed by atoms with Crippen LogP contribution in [0.3, 0.4) is 0 Å². The summed E-state index contributed by atoms with van der Waals surface area (Å²) in [6.07, 6.45) is 3.96. The molecule has 0 bridgehead atoms. The minimum Gasteiger partial charge on any atom is -0.496 e. The van der Waals surface area contributed by atoms with Crippen LogP contribution in [-0.4, -0.2) is 34.2 Å². The third-order valence-electron chi connectivity index (χ3n) is 5.18. The Morgan fingerprint density at radius 2 is 1.90 bits per heavy atom. The lowest BCUT2D eigenvalue weighted by molar-refractivity contribution is 0.0951. The summed E-state index contributed by atoms with van der Waals surface area (Å²) in [5.41, 5.74) is 5.08. The molecule has 0 saturated heterocycles. The summed E-state index contributed by atoms with van der Waals surface area (Å²) in [5.74, 6) is 0.760. The lowest BCUT2D eigenvalue weighted by Gasteiger charge is -2.07. The number of hydrogen-bond donors (Lipinski definition) is 2. The second-order valence-corrected chi connectivity index (χ2v) is 7.22. The molecule has 6 heteroatoms. The molecular formula is C23H20N4O2. The van der Waals surface area contributed by atoms with Gasteiger partial charge < -0.3 is 10.1 Å². The van der Waals surface area contributed by atoms with Crippen LogP contribution in [-0.2, 0) is 0 Å². The van der Waals surface area contributed by atoms with Crippen LogP contribution < -0.4 is 10.1 Å². The van der Waals surface area contributed by atoms with Crippen LogP contribution in [0.2, 0.25) is 0 Å². The van der Waals surface area contributed by atoms with Crippen molar-refractivity contribution in [2.75, 3.05) is 7.11 Å². The molecule has 2 heterocycles. The zero-order valence-electron chi connectivity index (χ0n) is 16.0. The van der Waals surface area contributed by atoms with Crippen LogP contribution in [0.15, 0.2) is 60.8 Å². The molecule has 0 atom stereocenters. The molecule has 1 saturated carbocycles. The highest BCUT2D eigenvalue weighted by Crippen LogP contribution is 2.34.